The maximum Gasteiger partial charge on any atom is 0.240 e. The van der Waals surface area contributed by atoms with Crippen molar-refractivity contribution in [1.82, 2.24) is 10.2 Å². The standard InChI is InChI=1S/C14H16ClFN2O/c15-11-7-9(1-4-12(11)16)8-18-6-5-13(14(18)19)17-10-2-3-10/h1,4,7,10,13,17H,2-3,5-6,8H2. The van der Waals surface area contributed by atoms with Gasteiger partial charge in [-0.1, -0.05) is 17.7 Å². The number of benzene rings is 1. The van der Waals surface area contributed by atoms with Crippen molar-refractivity contribution >= 4 is 17.5 Å². The van der Waals surface area contributed by atoms with Crippen molar-refractivity contribution in [3.63, 3.8) is 0 Å². The third-order valence-corrected chi connectivity index (χ3v) is 3.96. The second-order valence-electron chi connectivity index (χ2n) is 5.29. The second kappa shape index (κ2) is 5.10. The molecule has 1 heterocycles. The number of halogens is 2. The number of hydrogen-bond acceptors (Lipinski definition) is 2. The van der Waals surface area contributed by atoms with E-state index in [4.69, 9.17) is 11.6 Å². The molecule has 5 heteroatoms. The average Bonchev–Trinajstić information content (AvgIpc) is 3.14. The smallest absolute Gasteiger partial charge is 0.240 e. The first-order valence-electron chi connectivity index (χ1n) is 6.62. The molecule has 0 radical (unpaired) electrons. The molecule has 1 aromatic carbocycles. The summed E-state index contributed by atoms with van der Waals surface area (Å²) in [5, 5.41) is 3.47. The second-order valence-corrected chi connectivity index (χ2v) is 5.70. The maximum absolute atomic E-state index is 13.1. The molecule has 3 rings (SSSR count). The number of carbonyl (C=O) groups excluding carboxylic acids is 1. The molecular formula is C14H16ClFN2O. The first kappa shape index (κ1) is 12.9. The molecule has 0 spiro atoms. The molecule has 1 unspecified atom stereocenters. The topological polar surface area (TPSA) is 32.3 Å². The Hall–Kier alpha value is -1.13. The largest absolute Gasteiger partial charge is 0.337 e. The number of nitrogens with zero attached hydrogens (tertiary/aromatic N) is 1. The van der Waals surface area contributed by atoms with Crippen LogP contribution in [0.5, 0.6) is 0 Å². The Morgan fingerprint density at radius 1 is 1.37 bits per heavy atom. The lowest BCUT2D eigenvalue weighted by Gasteiger charge is -2.17. The van der Waals surface area contributed by atoms with E-state index in [1.807, 2.05) is 4.90 Å². The summed E-state index contributed by atoms with van der Waals surface area (Å²) in [4.78, 5) is 14.0. The normalized spacial score (nSPS) is 23.2. The molecule has 1 aliphatic carbocycles. The van der Waals surface area contributed by atoms with E-state index in [9.17, 15) is 9.18 Å². The number of amides is 1. The summed E-state index contributed by atoms with van der Waals surface area (Å²) in [5.74, 6) is -0.279. The van der Waals surface area contributed by atoms with Crippen molar-refractivity contribution in [2.45, 2.75) is 37.9 Å². The zero-order valence-electron chi connectivity index (χ0n) is 10.5. The van der Waals surface area contributed by atoms with E-state index in [-0.39, 0.29) is 17.0 Å². The predicted octanol–water partition coefficient (Wildman–Crippen LogP) is 2.33. The zero-order valence-corrected chi connectivity index (χ0v) is 11.3. The molecule has 3 nitrogen and oxygen atoms in total. The van der Waals surface area contributed by atoms with E-state index in [1.165, 1.54) is 18.9 Å². The average molecular weight is 283 g/mol. The fraction of sp³-hybridized carbons (Fsp3) is 0.500. The third kappa shape index (κ3) is 2.90. The number of hydrogen-bond donors (Lipinski definition) is 1. The SMILES string of the molecule is O=C1C(NC2CC2)CCN1Cc1ccc(F)c(Cl)c1. The summed E-state index contributed by atoms with van der Waals surface area (Å²) in [6.07, 6.45) is 3.21. The Bertz CT molecular complexity index is 504. The lowest BCUT2D eigenvalue weighted by atomic mass is 10.2. The van der Waals surface area contributed by atoms with Gasteiger partial charge in [0.05, 0.1) is 11.1 Å². The van der Waals surface area contributed by atoms with Crippen LogP contribution in [-0.2, 0) is 11.3 Å². The molecule has 1 saturated carbocycles. The van der Waals surface area contributed by atoms with Crippen molar-refractivity contribution in [3.8, 4) is 0 Å². The summed E-state index contributed by atoms with van der Waals surface area (Å²) >= 11 is 5.75. The van der Waals surface area contributed by atoms with Gasteiger partial charge in [-0.2, -0.15) is 0 Å². The molecule has 19 heavy (non-hydrogen) atoms. The molecule has 1 aromatic rings. The Labute approximate surface area is 116 Å². The first-order valence-corrected chi connectivity index (χ1v) is 7.00. The number of likely N-dealkylation sites (tertiary alicyclic amines) is 1. The van der Waals surface area contributed by atoms with Crippen LogP contribution in [0.1, 0.15) is 24.8 Å². The van der Waals surface area contributed by atoms with E-state index in [2.05, 4.69) is 5.32 Å². The highest BCUT2D eigenvalue weighted by atomic mass is 35.5. The van der Waals surface area contributed by atoms with E-state index in [0.717, 1.165) is 18.5 Å². The van der Waals surface area contributed by atoms with Gasteiger partial charge >= 0.3 is 0 Å². The highest BCUT2D eigenvalue weighted by molar-refractivity contribution is 6.30. The van der Waals surface area contributed by atoms with Gasteiger partial charge in [-0.15, -0.1) is 0 Å². The van der Waals surface area contributed by atoms with Crippen LogP contribution in [0.3, 0.4) is 0 Å². The van der Waals surface area contributed by atoms with Crippen molar-refractivity contribution in [3.05, 3.63) is 34.6 Å². The predicted molar refractivity (Wildman–Crippen MR) is 71.4 cm³/mol. The van der Waals surface area contributed by atoms with Crippen LogP contribution in [-0.4, -0.2) is 29.4 Å². The monoisotopic (exact) mass is 282 g/mol. The van der Waals surface area contributed by atoms with E-state index >= 15 is 0 Å². The molecule has 102 valence electrons. The lowest BCUT2D eigenvalue weighted by Crippen LogP contribution is -2.39. The Balaban J connectivity index is 1.63. The van der Waals surface area contributed by atoms with Gasteiger partial charge in [0.25, 0.3) is 0 Å². The summed E-state index contributed by atoms with van der Waals surface area (Å²) in [7, 11) is 0. The van der Waals surface area contributed by atoms with E-state index < -0.39 is 5.82 Å². The van der Waals surface area contributed by atoms with Crippen molar-refractivity contribution < 1.29 is 9.18 Å². The molecule has 2 fully saturated rings. The van der Waals surface area contributed by atoms with Gasteiger partial charge < -0.3 is 10.2 Å². The molecule has 1 N–H and O–H groups in total. The van der Waals surface area contributed by atoms with Crippen molar-refractivity contribution in [2.75, 3.05) is 6.54 Å². The van der Waals surface area contributed by atoms with Crippen molar-refractivity contribution in [2.24, 2.45) is 0 Å². The van der Waals surface area contributed by atoms with Crippen LogP contribution in [0, 0.1) is 5.82 Å². The minimum absolute atomic E-state index is 0.0385. The summed E-state index contributed by atoms with van der Waals surface area (Å²) < 4.78 is 13.1. The number of carbonyl (C=O) groups is 1. The fourth-order valence-corrected chi connectivity index (χ4v) is 2.65. The minimum atomic E-state index is -0.425. The molecule has 1 aliphatic heterocycles. The van der Waals surface area contributed by atoms with Gasteiger partial charge in [-0.05, 0) is 37.0 Å². The first-order chi connectivity index (χ1) is 9.13. The highest BCUT2D eigenvalue weighted by Gasteiger charge is 2.35. The van der Waals surface area contributed by atoms with E-state index in [1.54, 1.807) is 12.1 Å². The number of rotatable bonds is 4. The van der Waals surface area contributed by atoms with Crippen LogP contribution in [0.4, 0.5) is 4.39 Å². The van der Waals surface area contributed by atoms with Gasteiger partial charge in [-0.3, -0.25) is 4.79 Å². The van der Waals surface area contributed by atoms with E-state index in [0.29, 0.717) is 12.6 Å². The Morgan fingerprint density at radius 2 is 2.16 bits per heavy atom. The molecular weight excluding hydrogens is 267 g/mol. The molecule has 1 saturated heterocycles. The summed E-state index contributed by atoms with van der Waals surface area (Å²) in [5.41, 5.74) is 0.867. The van der Waals surface area contributed by atoms with Gasteiger partial charge in [0.1, 0.15) is 5.82 Å². The third-order valence-electron chi connectivity index (χ3n) is 3.67. The number of nitrogens with one attached hydrogen (secondary N) is 1. The van der Waals surface area contributed by atoms with Crippen LogP contribution in [0.2, 0.25) is 5.02 Å². The minimum Gasteiger partial charge on any atom is -0.337 e. The maximum atomic E-state index is 13.1. The Kier molecular flexibility index (Phi) is 3.46. The van der Waals surface area contributed by atoms with Gasteiger partial charge in [-0.25, -0.2) is 4.39 Å². The Morgan fingerprint density at radius 3 is 2.84 bits per heavy atom. The summed E-state index contributed by atoms with van der Waals surface area (Å²) in [6, 6.07) is 5.11. The van der Waals surface area contributed by atoms with Crippen LogP contribution >= 0.6 is 11.6 Å². The van der Waals surface area contributed by atoms with Crippen LogP contribution in [0.15, 0.2) is 18.2 Å². The molecule has 2 aliphatic rings. The van der Waals surface area contributed by atoms with Crippen molar-refractivity contribution in [1.29, 1.82) is 0 Å². The van der Waals surface area contributed by atoms with Crippen LogP contribution in [0.25, 0.3) is 0 Å². The summed E-state index contributed by atoms with van der Waals surface area (Å²) in [6.45, 7) is 1.25. The fourth-order valence-electron chi connectivity index (χ4n) is 2.44. The quantitative estimate of drug-likeness (QED) is 0.919. The molecule has 1 atom stereocenters. The highest BCUT2D eigenvalue weighted by Crippen LogP contribution is 2.24. The van der Waals surface area contributed by atoms with Gasteiger partial charge in [0, 0.05) is 19.1 Å². The van der Waals surface area contributed by atoms with Crippen LogP contribution < -0.4 is 5.32 Å². The molecule has 1 amide bonds. The molecule has 0 bridgehead atoms. The molecule has 0 aromatic heterocycles. The van der Waals surface area contributed by atoms with Gasteiger partial charge in [0.2, 0.25) is 5.91 Å². The lowest BCUT2D eigenvalue weighted by molar-refractivity contribution is -0.129. The van der Waals surface area contributed by atoms with Gasteiger partial charge in [0.15, 0.2) is 0 Å². The zero-order chi connectivity index (χ0) is 13.4.